The summed E-state index contributed by atoms with van der Waals surface area (Å²) in [6.07, 6.45) is 4.02. The highest BCUT2D eigenvalue weighted by molar-refractivity contribution is 5.94. The SMILES string of the molecule is CNc1ccc(C(=O)NCC2CCCN(C)C2)cn1. The number of piperidine rings is 1. The van der Waals surface area contributed by atoms with Crippen molar-refractivity contribution in [2.75, 3.05) is 39.0 Å². The van der Waals surface area contributed by atoms with Gasteiger partial charge in [-0.15, -0.1) is 0 Å². The van der Waals surface area contributed by atoms with Crippen LogP contribution in [0.3, 0.4) is 0 Å². The molecule has 0 radical (unpaired) electrons. The number of aromatic nitrogens is 1. The molecule has 1 aromatic rings. The van der Waals surface area contributed by atoms with Crippen molar-refractivity contribution in [3.63, 3.8) is 0 Å². The van der Waals surface area contributed by atoms with Gasteiger partial charge in [0.15, 0.2) is 0 Å². The Morgan fingerprint density at radius 3 is 3.00 bits per heavy atom. The van der Waals surface area contributed by atoms with Crippen molar-refractivity contribution in [1.29, 1.82) is 0 Å². The summed E-state index contributed by atoms with van der Waals surface area (Å²) in [6.45, 7) is 2.98. The van der Waals surface area contributed by atoms with Crippen LogP contribution in [-0.2, 0) is 0 Å². The number of anilines is 1. The Morgan fingerprint density at radius 2 is 2.37 bits per heavy atom. The van der Waals surface area contributed by atoms with Crippen molar-refractivity contribution in [3.05, 3.63) is 23.9 Å². The zero-order chi connectivity index (χ0) is 13.7. The second kappa shape index (κ2) is 6.52. The van der Waals surface area contributed by atoms with E-state index in [1.807, 2.05) is 13.1 Å². The minimum absolute atomic E-state index is 0.0385. The number of hydrogen-bond acceptors (Lipinski definition) is 4. The summed E-state index contributed by atoms with van der Waals surface area (Å²) in [5.74, 6) is 1.29. The second-order valence-corrected chi connectivity index (χ2v) is 5.16. The highest BCUT2D eigenvalue weighted by Gasteiger charge is 2.18. The molecule has 5 heteroatoms. The third kappa shape index (κ3) is 3.92. The topological polar surface area (TPSA) is 57.3 Å². The zero-order valence-electron chi connectivity index (χ0n) is 11.6. The maximum absolute atomic E-state index is 12.0. The van der Waals surface area contributed by atoms with E-state index in [-0.39, 0.29) is 5.91 Å². The lowest BCUT2D eigenvalue weighted by Gasteiger charge is -2.29. The van der Waals surface area contributed by atoms with E-state index in [1.54, 1.807) is 12.3 Å². The van der Waals surface area contributed by atoms with Crippen LogP contribution >= 0.6 is 0 Å². The van der Waals surface area contributed by atoms with Crippen LogP contribution in [0.5, 0.6) is 0 Å². The molecule has 1 fully saturated rings. The summed E-state index contributed by atoms with van der Waals surface area (Å²) < 4.78 is 0. The molecule has 1 aliphatic heterocycles. The number of nitrogens with zero attached hydrogens (tertiary/aromatic N) is 2. The van der Waals surface area contributed by atoms with Gasteiger partial charge in [-0.1, -0.05) is 0 Å². The third-order valence-electron chi connectivity index (χ3n) is 3.56. The van der Waals surface area contributed by atoms with Gasteiger partial charge in [0.2, 0.25) is 0 Å². The number of likely N-dealkylation sites (tertiary alicyclic amines) is 1. The molecule has 0 bridgehead atoms. The van der Waals surface area contributed by atoms with Crippen molar-refractivity contribution in [2.24, 2.45) is 5.92 Å². The standard InChI is InChI=1S/C14H22N4O/c1-15-13-6-5-12(9-16-13)14(19)17-8-11-4-3-7-18(2)10-11/h5-6,9,11H,3-4,7-8,10H2,1-2H3,(H,15,16)(H,17,19). The average Bonchev–Trinajstić information content (AvgIpc) is 2.45. The van der Waals surface area contributed by atoms with Crippen molar-refractivity contribution in [1.82, 2.24) is 15.2 Å². The van der Waals surface area contributed by atoms with Gasteiger partial charge in [0.25, 0.3) is 5.91 Å². The first-order valence-corrected chi connectivity index (χ1v) is 6.79. The molecule has 1 unspecified atom stereocenters. The van der Waals surface area contributed by atoms with Gasteiger partial charge in [-0.2, -0.15) is 0 Å². The summed E-state index contributed by atoms with van der Waals surface area (Å²) in [5.41, 5.74) is 0.614. The first-order valence-electron chi connectivity index (χ1n) is 6.79. The van der Waals surface area contributed by atoms with E-state index in [9.17, 15) is 4.79 Å². The molecule has 2 N–H and O–H groups in total. The van der Waals surface area contributed by atoms with Gasteiger partial charge < -0.3 is 15.5 Å². The van der Waals surface area contributed by atoms with Gasteiger partial charge in [-0.05, 0) is 44.5 Å². The number of nitrogens with one attached hydrogen (secondary N) is 2. The quantitative estimate of drug-likeness (QED) is 0.856. The molecule has 0 aromatic carbocycles. The largest absolute Gasteiger partial charge is 0.373 e. The number of carbonyl (C=O) groups excluding carboxylic acids is 1. The van der Waals surface area contributed by atoms with Crippen molar-refractivity contribution in [3.8, 4) is 0 Å². The summed E-state index contributed by atoms with van der Waals surface area (Å²) >= 11 is 0. The molecule has 0 aliphatic carbocycles. The third-order valence-corrected chi connectivity index (χ3v) is 3.56. The fourth-order valence-corrected chi connectivity index (χ4v) is 2.45. The van der Waals surface area contributed by atoms with Crippen LogP contribution in [0.15, 0.2) is 18.3 Å². The average molecular weight is 262 g/mol. The van der Waals surface area contributed by atoms with Crippen LogP contribution in [0.4, 0.5) is 5.82 Å². The van der Waals surface area contributed by atoms with E-state index in [1.165, 1.54) is 19.4 Å². The van der Waals surface area contributed by atoms with Crippen LogP contribution in [0.2, 0.25) is 0 Å². The molecule has 1 aliphatic rings. The fourth-order valence-electron chi connectivity index (χ4n) is 2.45. The van der Waals surface area contributed by atoms with E-state index >= 15 is 0 Å². The normalized spacial score (nSPS) is 20.0. The summed E-state index contributed by atoms with van der Waals surface area (Å²) in [4.78, 5) is 18.5. The van der Waals surface area contributed by atoms with Gasteiger partial charge in [-0.25, -0.2) is 4.98 Å². The lowest BCUT2D eigenvalue weighted by molar-refractivity contribution is 0.0936. The van der Waals surface area contributed by atoms with Crippen LogP contribution in [0.25, 0.3) is 0 Å². The first kappa shape index (κ1) is 13.8. The van der Waals surface area contributed by atoms with Gasteiger partial charge in [-0.3, -0.25) is 4.79 Å². The van der Waals surface area contributed by atoms with Crippen LogP contribution in [0.1, 0.15) is 23.2 Å². The Morgan fingerprint density at radius 1 is 1.53 bits per heavy atom. The number of amides is 1. The molecule has 1 amide bonds. The molecule has 2 heterocycles. The van der Waals surface area contributed by atoms with E-state index in [4.69, 9.17) is 0 Å². The Kier molecular flexibility index (Phi) is 4.74. The molecular formula is C14H22N4O. The Labute approximate surface area is 114 Å². The monoisotopic (exact) mass is 262 g/mol. The van der Waals surface area contributed by atoms with E-state index in [0.717, 1.165) is 18.9 Å². The van der Waals surface area contributed by atoms with Gasteiger partial charge in [0, 0.05) is 26.3 Å². The molecule has 19 heavy (non-hydrogen) atoms. The predicted molar refractivity (Wildman–Crippen MR) is 76.3 cm³/mol. The Balaban J connectivity index is 1.83. The lowest BCUT2D eigenvalue weighted by atomic mass is 9.98. The van der Waals surface area contributed by atoms with Crippen LogP contribution in [-0.4, -0.2) is 49.5 Å². The first-order chi connectivity index (χ1) is 9.19. The predicted octanol–water partition coefficient (Wildman–Crippen LogP) is 1.19. The fraction of sp³-hybridized carbons (Fsp3) is 0.571. The van der Waals surface area contributed by atoms with Gasteiger partial charge in [0.05, 0.1) is 5.56 Å². The van der Waals surface area contributed by atoms with E-state index in [2.05, 4.69) is 27.6 Å². The van der Waals surface area contributed by atoms with E-state index < -0.39 is 0 Å². The molecule has 1 saturated heterocycles. The molecule has 2 rings (SSSR count). The molecule has 104 valence electrons. The zero-order valence-corrected chi connectivity index (χ0v) is 11.6. The maximum atomic E-state index is 12.0. The molecular weight excluding hydrogens is 240 g/mol. The second-order valence-electron chi connectivity index (χ2n) is 5.16. The minimum atomic E-state index is -0.0385. The highest BCUT2D eigenvalue weighted by Crippen LogP contribution is 2.14. The highest BCUT2D eigenvalue weighted by atomic mass is 16.1. The van der Waals surface area contributed by atoms with Crippen LogP contribution in [0, 0.1) is 5.92 Å². The summed E-state index contributed by atoms with van der Waals surface area (Å²) in [7, 11) is 3.94. The number of pyridine rings is 1. The Hall–Kier alpha value is -1.62. The maximum Gasteiger partial charge on any atom is 0.252 e. The Bertz CT molecular complexity index is 418. The number of carbonyl (C=O) groups is 1. The minimum Gasteiger partial charge on any atom is -0.373 e. The van der Waals surface area contributed by atoms with Crippen molar-refractivity contribution in [2.45, 2.75) is 12.8 Å². The van der Waals surface area contributed by atoms with E-state index in [0.29, 0.717) is 11.5 Å². The van der Waals surface area contributed by atoms with Crippen molar-refractivity contribution < 1.29 is 4.79 Å². The van der Waals surface area contributed by atoms with Crippen molar-refractivity contribution >= 4 is 11.7 Å². The lowest BCUT2D eigenvalue weighted by Crippen LogP contribution is -2.39. The summed E-state index contributed by atoms with van der Waals surface area (Å²) in [6, 6.07) is 3.60. The van der Waals surface area contributed by atoms with Gasteiger partial charge >= 0.3 is 0 Å². The summed E-state index contributed by atoms with van der Waals surface area (Å²) in [5, 5.41) is 5.93. The molecule has 0 spiro atoms. The number of hydrogen-bond donors (Lipinski definition) is 2. The smallest absolute Gasteiger partial charge is 0.252 e. The molecule has 1 atom stereocenters. The molecule has 1 aromatic heterocycles. The van der Waals surface area contributed by atoms with Crippen LogP contribution < -0.4 is 10.6 Å². The number of rotatable bonds is 4. The molecule has 0 saturated carbocycles. The van der Waals surface area contributed by atoms with Gasteiger partial charge in [0.1, 0.15) is 5.82 Å². The molecule has 5 nitrogen and oxygen atoms in total.